The second-order valence-corrected chi connectivity index (χ2v) is 13.6. The number of ketones is 1. The molecule has 0 saturated carbocycles. The number of halogens is 1. The van der Waals surface area contributed by atoms with Gasteiger partial charge in [0.05, 0.1) is 29.9 Å². The van der Waals surface area contributed by atoms with Gasteiger partial charge in [0.25, 0.3) is 5.91 Å². The fourth-order valence-electron chi connectivity index (χ4n) is 5.63. The summed E-state index contributed by atoms with van der Waals surface area (Å²) in [6, 6.07) is 14.7. The van der Waals surface area contributed by atoms with Crippen LogP contribution in [0.3, 0.4) is 0 Å². The molecule has 3 amide bonds. The van der Waals surface area contributed by atoms with Crippen LogP contribution in [-0.2, 0) is 9.59 Å². The van der Waals surface area contributed by atoms with Crippen molar-refractivity contribution in [1.82, 2.24) is 20.9 Å². The van der Waals surface area contributed by atoms with Crippen LogP contribution >= 0.6 is 27.7 Å². The smallest absolute Gasteiger partial charge is 0.315 e. The summed E-state index contributed by atoms with van der Waals surface area (Å²) in [6.07, 6.45) is 7.61. The number of fused-ring (bicyclic) bond motifs is 1. The molecule has 0 aliphatic carbocycles. The molecular formula is C33H40BrN5O4S. The molecule has 0 bridgehead atoms. The second-order valence-electron chi connectivity index (χ2n) is 11.5. The van der Waals surface area contributed by atoms with Crippen molar-refractivity contribution in [3.63, 3.8) is 0 Å². The number of hydrogen-bond donors (Lipinski definition) is 3. The fourth-order valence-corrected chi connectivity index (χ4v) is 7.69. The summed E-state index contributed by atoms with van der Waals surface area (Å²) in [5.74, 6) is 1.43. The van der Waals surface area contributed by atoms with Gasteiger partial charge in [0.1, 0.15) is 27.8 Å². The van der Waals surface area contributed by atoms with Gasteiger partial charge in [-0.15, -0.1) is 0 Å². The first-order valence-electron chi connectivity index (χ1n) is 15.2. The molecular weight excluding hydrogens is 642 g/mol. The highest BCUT2D eigenvalue weighted by Crippen LogP contribution is 2.39. The van der Waals surface area contributed by atoms with Gasteiger partial charge in [-0.3, -0.25) is 9.59 Å². The summed E-state index contributed by atoms with van der Waals surface area (Å²) >= 11 is 5.21. The van der Waals surface area contributed by atoms with Crippen LogP contribution in [0, 0.1) is 11.3 Å². The van der Waals surface area contributed by atoms with Crippen molar-refractivity contribution in [1.29, 1.82) is 5.26 Å². The SMILES string of the molecule is CCCC(NC(=O)/C(C#N)=C/c1cccc(Br)n1)c1ccc(OCCCC(=O)CCCC[C@@H]2SC[C@]3(C)NC(=O)N[C@H]23)cc1. The Kier molecular flexibility index (Phi) is 12.3. The number of unbranched alkanes of at least 4 members (excludes halogenated alkanes) is 1. The molecule has 2 aliphatic heterocycles. The van der Waals surface area contributed by atoms with Crippen LogP contribution in [0.15, 0.2) is 52.6 Å². The normalized spacial score (nSPS) is 21.5. The summed E-state index contributed by atoms with van der Waals surface area (Å²) in [5.41, 5.74) is 1.27. The lowest BCUT2D eigenvalue weighted by molar-refractivity contribution is -0.119. The Morgan fingerprint density at radius 3 is 2.73 bits per heavy atom. The largest absolute Gasteiger partial charge is 0.494 e. The van der Waals surface area contributed by atoms with Crippen LogP contribution in [0.1, 0.15) is 82.5 Å². The zero-order valence-corrected chi connectivity index (χ0v) is 27.6. The number of hydrogen-bond acceptors (Lipinski definition) is 7. The van der Waals surface area contributed by atoms with Gasteiger partial charge >= 0.3 is 6.03 Å². The van der Waals surface area contributed by atoms with E-state index < -0.39 is 5.91 Å². The van der Waals surface area contributed by atoms with E-state index in [0.717, 1.165) is 43.4 Å². The van der Waals surface area contributed by atoms with Crippen molar-refractivity contribution >= 4 is 51.5 Å². The molecule has 1 aromatic heterocycles. The third-order valence-corrected chi connectivity index (χ3v) is 10.1. The van der Waals surface area contributed by atoms with Gasteiger partial charge in [-0.1, -0.05) is 38.0 Å². The lowest BCUT2D eigenvalue weighted by atomic mass is 9.92. The Morgan fingerprint density at radius 1 is 1.23 bits per heavy atom. The maximum atomic E-state index is 12.9. The number of nitriles is 1. The Labute approximate surface area is 272 Å². The molecule has 0 spiro atoms. The van der Waals surface area contributed by atoms with Gasteiger partial charge in [0, 0.05) is 23.8 Å². The van der Waals surface area contributed by atoms with E-state index in [4.69, 9.17) is 4.74 Å². The first-order chi connectivity index (χ1) is 21.2. The first kappa shape index (κ1) is 33.5. The number of carbonyl (C=O) groups is 3. The predicted molar refractivity (Wildman–Crippen MR) is 176 cm³/mol. The highest BCUT2D eigenvalue weighted by molar-refractivity contribution is 9.10. The quantitative estimate of drug-likeness (QED) is 0.0627. The van der Waals surface area contributed by atoms with Crippen molar-refractivity contribution in [3.8, 4) is 11.8 Å². The topological polar surface area (TPSA) is 133 Å². The van der Waals surface area contributed by atoms with E-state index in [-0.39, 0.29) is 35.0 Å². The second kappa shape index (κ2) is 16.1. The number of pyridine rings is 1. The van der Waals surface area contributed by atoms with Crippen LogP contribution < -0.4 is 20.7 Å². The van der Waals surface area contributed by atoms with Crippen molar-refractivity contribution in [2.45, 2.75) is 88.1 Å². The summed E-state index contributed by atoms with van der Waals surface area (Å²) < 4.78 is 6.49. The number of nitrogens with zero attached hydrogens (tertiary/aromatic N) is 2. The molecule has 44 heavy (non-hydrogen) atoms. The number of carbonyl (C=O) groups excluding carboxylic acids is 3. The standard InChI is InChI=1S/C33H40BrN5O4S/c1-3-8-27(37-31(41)23(20-35)19-24-9-6-13-29(34)36-24)22-14-16-26(17-15-22)43-18-7-11-25(40)10-4-5-12-28-30-33(2,21-44-28)39-32(42)38-30/h6,9,13-17,19,27-28,30H,3-5,7-8,10-12,18,21H2,1-2H3,(H,37,41)(H2,38,39,42)/b23-19+/t27?,28-,30+,33-/m0/s1. The van der Waals surface area contributed by atoms with E-state index in [2.05, 4.69) is 43.8 Å². The molecule has 234 valence electrons. The summed E-state index contributed by atoms with van der Waals surface area (Å²) in [4.78, 5) is 41.3. The third kappa shape index (κ3) is 9.32. The molecule has 9 nitrogen and oxygen atoms in total. The molecule has 3 N–H and O–H groups in total. The number of Topliss-reactive ketones (excluding diaryl/α,β-unsaturated/α-hetero) is 1. The van der Waals surface area contributed by atoms with Crippen molar-refractivity contribution < 1.29 is 19.1 Å². The predicted octanol–water partition coefficient (Wildman–Crippen LogP) is 6.25. The molecule has 4 atom stereocenters. The zero-order chi connectivity index (χ0) is 31.5. The minimum Gasteiger partial charge on any atom is -0.494 e. The highest BCUT2D eigenvalue weighted by Gasteiger charge is 2.51. The van der Waals surface area contributed by atoms with Crippen molar-refractivity contribution in [2.24, 2.45) is 0 Å². The number of aromatic nitrogens is 1. The van der Waals surface area contributed by atoms with Crippen LogP contribution in [0.5, 0.6) is 5.75 Å². The van der Waals surface area contributed by atoms with Gasteiger partial charge in [0.2, 0.25) is 0 Å². The Morgan fingerprint density at radius 2 is 2.00 bits per heavy atom. The molecule has 2 saturated heterocycles. The van der Waals surface area contributed by atoms with Crippen LogP contribution in [0.4, 0.5) is 4.79 Å². The van der Waals surface area contributed by atoms with Crippen molar-refractivity contribution in [3.05, 3.63) is 63.9 Å². The van der Waals surface area contributed by atoms with E-state index in [1.807, 2.05) is 49.0 Å². The molecule has 1 aromatic carbocycles. The molecule has 3 heterocycles. The van der Waals surface area contributed by atoms with E-state index in [1.54, 1.807) is 18.2 Å². The number of amides is 3. The fraction of sp³-hybridized carbons (Fsp3) is 0.485. The average Bonchev–Trinajstić information content (AvgIpc) is 3.47. The maximum absolute atomic E-state index is 12.9. The van der Waals surface area contributed by atoms with E-state index in [0.29, 0.717) is 47.2 Å². The summed E-state index contributed by atoms with van der Waals surface area (Å²) in [7, 11) is 0. The van der Waals surface area contributed by atoms with Gasteiger partial charge in [-0.05, 0) is 84.4 Å². The lowest BCUT2D eigenvalue weighted by Crippen LogP contribution is -2.47. The Hall–Kier alpha value is -3.36. The van der Waals surface area contributed by atoms with E-state index in [1.165, 1.54) is 6.08 Å². The molecule has 4 rings (SSSR count). The number of rotatable bonds is 16. The van der Waals surface area contributed by atoms with Crippen molar-refractivity contribution in [2.75, 3.05) is 12.4 Å². The highest BCUT2D eigenvalue weighted by atomic mass is 79.9. The number of urea groups is 1. The number of benzene rings is 1. The van der Waals surface area contributed by atoms with E-state index >= 15 is 0 Å². The summed E-state index contributed by atoms with van der Waals surface area (Å²) in [5, 5.41) is 19.1. The monoisotopic (exact) mass is 681 g/mol. The minimum absolute atomic E-state index is 0.0109. The Balaban J connectivity index is 1.16. The van der Waals surface area contributed by atoms with Gasteiger partial charge < -0.3 is 20.7 Å². The number of ether oxygens (including phenoxy) is 1. The van der Waals surface area contributed by atoms with Gasteiger partial charge in [-0.2, -0.15) is 17.0 Å². The maximum Gasteiger partial charge on any atom is 0.315 e. The van der Waals surface area contributed by atoms with Gasteiger partial charge in [-0.25, -0.2) is 9.78 Å². The molecule has 1 unspecified atom stereocenters. The average molecular weight is 683 g/mol. The van der Waals surface area contributed by atoms with Crippen LogP contribution in [0.2, 0.25) is 0 Å². The molecule has 2 aromatic rings. The van der Waals surface area contributed by atoms with Crippen LogP contribution in [-0.4, -0.2) is 51.9 Å². The van der Waals surface area contributed by atoms with E-state index in [9.17, 15) is 19.6 Å². The summed E-state index contributed by atoms with van der Waals surface area (Å²) in [6.45, 7) is 4.59. The third-order valence-electron chi connectivity index (χ3n) is 7.96. The molecule has 11 heteroatoms. The molecule has 2 aliphatic rings. The lowest BCUT2D eigenvalue weighted by Gasteiger charge is -2.23. The number of thioether (sulfide) groups is 1. The van der Waals surface area contributed by atoms with Crippen LogP contribution in [0.25, 0.3) is 6.08 Å². The molecule has 2 fully saturated rings. The molecule has 0 radical (unpaired) electrons. The Bertz CT molecular complexity index is 1400. The zero-order valence-electron chi connectivity index (χ0n) is 25.2. The van der Waals surface area contributed by atoms with Gasteiger partial charge in [0.15, 0.2) is 0 Å². The first-order valence-corrected chi connectivity index (χ1v) is 17.0. The minimum atomic E-state index is -0.447. The number of nitrogens with one attached hydrogen (secondary N) is 3.